The number of thiophene rings is 1. The Kier molecular flexibility index (Phi) is 6.32. The van der Waals surface area contributed by atoms with Crippen LogP contribution < -0.4 is 5.32 Å². The van der Waals surface area contributed by atoms with Crippen LogP contribution in [0.5, 0.6) is 0 Å². The van der Waals surface area contributed by atoms with Gasteiger partial charge in [0.05, 0.1) is 0 Å². The van der Waals surface area contributed by atoms with E-state index in [0.717, 1.165) is 19.4 Å². The van der Waals surface area contributed by atoms with Crippen LogP contribution >= 0.6 is 11.3 Å². The molecule has 0 aliphatic rings. The molecule has 1 nitrogen and oxygen atoms in total. The van der Waals surface area contributed by atoms with Gasteiger partial charge in [-0.25, -0.2) is 0 Å². The predicted octanol–water partition coefficient (Wildman–Crippen LogP) is 4.21. The molecule has 1 unspecified atom stereocenters. The highest BCUT2D eigenvalue weighted by Gasteiger charge is 2.13. The average molecular weight is 249 g/mol. The molecule has 0 saturated carbocycles. The minimum absolute atomic E-state index is 0.480. The van der Waals surface area contributed by atoms with Crippen molar-refractivity contribution in [2.24, 2.45) is 0 Å². The zero-order valence-electron chi connectivity index (χ0n) is 11.4. The van der Waals surface area contributed by atoms with Gasteiger partial charge in [0.2, 0.25) is 0 Å². The number of rotatable bonds is 6. The van der Waals surface area contributed by atoms with Gasteiger partial charge in [0.1, 0.15) is 0 Å². The van der Waals surface area contributed by atoms with Crippen LogP contribution in [-0.2, 0) is 0 Å². The molecule has 17 heavy (non-hydrogen) atoms. The summed E-state index contributed by atoms with van der Waals surface area (Å²) in [5.74, 6) is 6.13. The fraction of sp³-hybridized carbons (Fsp3) is 0.600. The molecule has 0 aliphatic carbocycles. The highest BCUT2D eigenvalue weighted by molar-refractivity contribution is 7.12. The van der Waals surface area contributed by atoms with Gasteiger partial charge < -0.3 is 5.32 Å². The van der Waals surface area contributed by atoms with E-state index in [9.17, 15) is 0 Å². The average Bonchev–Trinajstić information content (AvgIpc) is 2.64. The fourth-order valence-electron chi connectivity index (χ4n) is 1.78. The van der Waals surface area contributed by atoms with E-state index in [0.29, 0.717) is 6.04 Å². The first-order valence-corrected chi connectivity index (χ1v) is 7.20. The van der Waals surface area contributed by atoms with Crippen LogP contribution in [0.1, 0.15) is 54.5 Å². The van der Waals surface area contributed by atoms with Gasteiger partial charge in [-0.15, -0.1) is 23.2 Å². The summed E-state index contributed by atoms with van der Waals surface area (Å²) in [6, 6.07) is 2.81. The molecule has 1 heterocycles. The molecule has 1 aromatic heterocycles. The Morgan fingerprint density at radius 1 is 1.41 bits per heavy atom. The SMILES string of the molecule is CC#CCCC(NCCC)c1cc(C)c(C)s1. The molecule has 1 N–H and O–H groups in total. The van der Waals surface area contributed by atoms with Crippen LogP contribution in [0.3, 0.4) is 0 Å². The molecule has 0 fully saturated rings. The highest BCUT2D eigenvalue weighted by atomic mass is 32.1. The number of aryl methyl sites for hydroxylation is 2. The Bertz CT molecular complexity index is 375. The minimum Gasteiger partial charge on any atom is -0.309 e. The minimum atomic E-state index is 0.480. The van der Waals surface area contributed by atoms with E-state index < -0.39 is 0 Å². The van der Waals surface area contributed by atoms with Gasteiger partial charge >= 0.3 is 0 Å². The van der Waals surface area contributed by atoms with E-state index in [1.54, 1.807) is 0 Å². The molecule has 94 valence electrons. The van der Waals surface area contributed by atoms with Gasteiger partial charge in [-0.1, -0.05) is 6.92 Å². The Labute approximate surface area is 110 Å². The molecule has 0 aliphatic heterocycles. The predicted molar refractivity (Wildman–Crippen MR) is 77.5 cm³/mol. The first-order valence-electron chi connectivity index (χ1n) is 6.39. The lowest BCUT2D eigenvalue weighted by Crippen LogP contribution is -2.21. The van der Waals surface area contributed by atoms with Gasteiger partial charge in [-0.2, -0.15) is 0 Å². The van der Waals surface area contributed by atoms with Crippen molar-refractivity contribution in [1.29, 1.82) is 0 Å². The quantitative estimate of drug-likeness (QED) is 0.745. The van der Waals surface area contributed by atoms with Gasteiger partial charge in [-0.3, -0.25) is 0 Å². The summed E-state index contributed by atoms with van der Waals surface area (Å²) in [6.07, 6.45) is 3.27. The first kappa shape index (κ1) is 14.3. The third kappa shape index (κ3) is 4.53. The first-order chi connectivity index (χ1) is 8.19. The third-order valence-corrected chi connectivity index (χ3v) is 4.17. The largest absolute Gasteiger partial charge is 0.309 e. The molecule has 0 amide bonds. The maximum atomic E-state index is 3.63. The Morgan fingerprint density at radius 3 is 2.71 bits per heavy atom. The van der Waals surface area contributed by atoms with Crippen molar-refractivity contribution < 1.29 is 0 Å². The normalized spacial score (nSPS) is 12.0. The van der Waals surface area contributed by atoms with Crippen molar-refractivity contribution in [3.05, 3.63) is 21.4 Å². The molecule has 1 aromatic rings. The van der Waals surface area contributed by atoms with Crippen LogP contribution in [0.15, 0.2) is 6.07 Å². The lowest BCUT2D eigenvalue weighted by Gasteiger charge is -2.15. The van der Waals surface area contributed by atoms with Crippen molar-refractivity contribution in [1.82, 2.24) is 5.32 Å². The van der Waals surface area contributed by atoms with Gasteiger partial charge in [0, 0.05) is 22.2 Å². The van der Waals surface area contributed by atoms with E-state index in [-0.39, 0.29) is 0 Å². The van der Waals surface area contributed by atoms with E-state index in [2.05, 4.69) is 44.0 Å². The molecule has 0 spiro atoms. The Hall–Kier alpha value is -0.780. The lowest BCUT2D eigenvalue weighted by molar-refractivity contribution is 0.512. The number of nitrogens with one attached hydrogen (secondary N) is 1. The molecular weight excluding hydrogens is 226 g/mol. The van der Waals surface area contributed by atoms with Crippen LogP contribution in [0.4, 0.5) is 0 Å². The molecule has 2 heteroatoms. The van der Waals surface area contributed by atoms with E-state index in [1.807, 2.05) is 18.3 Å². The monoisotopic (exact) mass is 249 g/mol. The van der Waals surface area contributed by atoms with Crippen LogP contribution in [-0.4, -0.2) is 6.54 Å². The maximum Gasteiger partial charge on any atom is 0.0424 e. The lowest BCUT2D eigenvalue weighted by atomic mass is 10.1. The Balaban J connectivity index is 2.69. The molecule has 0 saturated heterocycles. The summed E-state index contributed by atoms with van der Waals surface area (Å²) in [5.41, 5.74) is 1.41. The van der Waals surface area contributed by atoms with Crippen molar-refractivity contribution in [2.75, 3.05) is 6.54 Å². The summed E-state index contributed by atoms with van der Waals surface area (Å²) in [4.78, 5) is 2.90. The summed E-state index contributed by atoms with van der Waals surface area (Å²) < 4.78 is 0. The summed E-state index contributed by atoms with van der Waals surface area (Å²) in [6.45, 7) is 9.60. The van der Waals surface area contributed by atoms with Crippen molar-refractivity contribution >= 4 is 11.3 Å². The second-order valence-corrected chi connectivity index (χ2v) is 5.65. The fourth-order valence-corrected chi connectivity index (χ4v) is 2.93. The van der Waals surface area contributed by atoms with E-state index >= 15 is 0 Å². The van der Waals surface area contributed by atoms with Crippen molar-refractivity contribution in [2.45, 2.75) is 53.0 Å². The highest BCUT2D eigenvalue weighted by Crippen LogP contribution is 2.29. The van der Waals surface area contributed by atoms with E-state index in [4.69, 9.17) is 0 Å². The topological polar surface area (TPSA) is 12.0 Å². The zero-order chi connectivity index (χ0) is 12.7. The zero-order valence-corrected chi connectivity index (χ0v) is 12.2. The molecule has 0 aromatic carbocycles. The number of hydrogen-bond donors (Lipinski definition) is 1. The van der Waals surface area contributed by atoms with E-state index in [1.165, 1.54) is 21.7 Å². The second-order valence-electron chi connectivity index (χ2n) is 4.36. The molecule has 0 bridgehead atoms. The summed E-state index contributed by atoms with van der Waals surface area (Å²) >= 11 is 1.92. The maximum absolute atomic E-state index is 3.63. The molecule has 0 radical (unpaired) electrons. The van der Waals surface area contributed by atoms with Gasteiger partial charge in [0.25, 0.3) is 0 Å². The molecular formula is C15H23NS. The Morgan fingerprint density at radius 2 is 2.18 bits per heavy atom. The van der Waals surface area contributed by atoms with Crippen molar-refractivity contribution in [3.8, 4) is 11.8 Å². The standard InChI is InChI=1S/C15H23NS/c1-5-7-8-9-14(16-10-6-2)15-11-12(3)13(4)17-15/h11,14,16H,6,8-10H2,1-4H3. The van der Waals surface area contributed by atoms with Crippen LogP contribution in [0.25, 0.3) is 0 Å². The summed E-state index contributed by atoms with van der Waals surface area (Å²) in [5, 5.41) is 3.63. The molecule has 1 atom stereocenters. The van der Waals surface area contributed by atoms with Crippen LogP contribution in [0.2, 0.25) is 0 Å². The molecule has 1 rings (SSSR count). The van der Waals surface area contributed by atoms with Crippen molar-refractivity contribution in [3.63, 3.8) is 0 Å². The van der Waals surface area contributed by atoms with Gasteiger partial charge in [0.15, 0.2) is 0 Å². The second kappa shape index (κ2) is 7.53. The van der Waals surface area contributed by atoms with Gasteiger partial charge in [-0.05, 0) is 51.8 Å². The summed E-state index contributed by atoms with van der Waals surface area (Å²) in [7, 11) is 0. The smallest absolute Gasteiger partial charge is 0.0424 e. The third-order valence-electron chi connectivity index (χ3n) is 2.90. The van der Waals surface area contributed by atoms with Crippen LogP contribution in [0, 0.1) is 25.7 Å². The number of hydrogen-bond acceptors (Lipinski definition) is 2.